The van der Waals surface area contributed by atoms with E-state index in [9.17, 15) is 31.2 Å². The second kappa shape index (κ2) is 35.7. The second-order valence-electron chi connectivity index (χ2n) is 38.5. The van der Waals surface area contributed by atoms with E-state index in [0.29, 0.717) is 68.0 Å². The third-order valence-corrected chi connectivity index (χ3v) is 50.0. The predicted octanol–water partition coefficient (Wildman–Crippen LogP) is 19.1. The van der Waals surface area contributed by atoms with Crippen LogP contribution in [0.2, 0.25) is 90.7 Å². The fourth-order valence-electron chi connectivity index (χ4n) is 13.5. The zero-order valence-corrected chi connectivity index (χ0v) is 77.3. The van der Waals surface area contributed by atoms with Gasteiger partial charge in [-0.25, -0.2) is 4.79 Å². The number of halogens is 4. The molecule has 28 heteroatoms. The van der Waals surface area contributed by atoms with E-state index in [1.807, 2.05) is 18.2 Å². The molecular weight excluding hydrogens is 1580 g/mol. The van der Waals surface area contributed by atoms with E-state index in [0.717, 1.165) is 6.29 Å². The Morgan fingerprint density at radius 1 is 0.670 bits per heavy atom. The quantitative estimate of drug-likeness (QED) is 0.00724. The fourth-order valence-corrected chi connectivity index (χ4v) is 21.3. The van der Waals surface area contributed by atoms with Crippen molar-refractivity contribution in [3.8, 4) is 0 Å². The number of hydrogen-bond acceptors (Lipinski definition) is 18. The molecule has 5 saturated heterocycles. The van der Waals surface area contributed by atoms with E-state index in [1.165, 1.54) is 0 Å². The van der Waals surface area contributed by atoms with Crippen LogP contribution >= 0.6 is 22.6 Å². The summed E-state index contributed by atoms with van der Waals surface area (Å²) >= 11 is 2.29. The van der Waals surface area contributed by atoms with Gasteiger partial charge in [0.2, 0.25) is 0 Å². The van der Waals surface area contributed by atoms with Crippen LogP contribution in [0.4, 0.5) is 13.2 Å². The predicted molar refractivity (Wildman–Crippen MR) is 432 cm³/mol. The fraction of sp³-hybridized carbons (Fsp3) is 0.833. The molecular formula is C78H136F3IO18SSi5. The number of allylic oxidation sites excluding steroid dienone is 1. The second-order valence-corrected chi connectivity index (χ2v) is 64.7. The van der Waals surface area contributed by atoms with Crippen molar-refractivity contribution in [3.63, 3.8) is 0 Å². The summed E-state index contributed by atoms with van der Waals surface area (Å²) < 4.78 is 154. The summed E-state index contributed by atoms with van der Waals surface area (Å²) in [5.41, 5.74) is -5.97. The van der Waals surface area contributed by atoms with Gasteiger partial charge in [0.15, 0.2) is 41.6 Å². The van der Waals surface area contributed by atoms with Gasteiger partial charge in [0.25, 0.3) is 0 Å². The van der Waals surface area contributed by atoms with Gasteiger partial charge < -0.3 is 64.3 Å². The normalized spacial score (nSPS) is 29.1. The number of benzene rings is 1. The molecule has 1 aromatic rings. The standard InChI is InChI=1S/C78H136F3IO18SSi5/c1-51(52(2)96-101(86,87)78(79,80)81)44-57-38-41-65-77(50-82,95-57)48-58(90-65)35-34-55(92-71(85)53-32-30-29-31-33-53)36-40-63(98-104(23,24)74(9,10)11)68-70(100-106(27,28)76(15,16)17)69(99-105(25,26)75(12,13)14)67-62(94-68)39-37-56(91-67)45-54(84)46-60-61(42-43-83)93-64(66(60)88-18)47-59(97-103(21,22)73(6,7)8)49-89-102(19,20)72(3,4)5/h29-33,36,40,43,51,55-70H,2,34-35,37-39,41-42,44-50H2,1,3-28H3/t51-,55?,56-,57-,58+,59+,60+,61+,62+,63+,64-,65+,66-,67+,68+,69+,70-,77-/m1/s1. The summed E-state index contributed by atoms with van der Waals surface area (Å²) in [5.74, 6) is -2.24. The Balaban J connectivity index is 1.35. The molecule has 0 aliphatic carbocycles. The Kier molecular flexibility index (Phi) is 31.4. The molecule has 18 nitrogen and oxygen atoms in total. The molecule has 5 aliphatic heterocycles. The van der Waals surface area contributed by atoms with Crippen LogP contribution in [-0.4, -0.2) is 189 Å². The van der Waals surface area contributed by atoms with Gasteiger partial charge >= 0.3 is 21.6 Å². The highest BCUT2D eigenvalue weighted by molar-refractivity contribution is 14.1. The first-order valence-electron chi connectivity index (χ1n) is 38.6. The van der Waals surface area contributed by atoms with Gasteiger partial charge in [-0.3, -0.25) is 4.79 Å². The highest BCUT2D eigenvalue weighted by Gasteiger charge is 2.60. The number of hydrogen-bond donors (Lipinski definition) is 0. The van der Waals surface area contributed by atoms with Crippen LogP contribution in [0.15, 0.2) is 54.8 Å². The van der Waals surface area contributed by atoms with Gasteiger partial charge in [0.05, 0.1) is 73.2 Å². The molecule has 0 saturated carbocycles. The maximum Gasteiger partial charge on any atom is 0.534 e. The van der Waals surface area contributed by atoms with Crippen LogP contribution in [0, 0.1) is 11.8 Å². The summed E-state index contributed by atoms with van der Waals surface area (Å²) in [6.07, 6.45) is 0.777. The molecule has 0 spiro atoms. The van der Waals surface area contributed by atoms with Crippen molar-refractivity contribution < 1.29 is 95.4 Å². The Bertz CT molecular complexity index is 3220. The third-order valence-electron chi connectivity index (χ3n) is 25.3. The van der Waals surface area contributed by atoms with E-state index >= 15 is 4.79 Å². The highest BCUT2D eigenvalue weighted by atomic mass is 127. The average molecular weight is 1720 g/mol. The number of methoxy groups -OCH3 is 1. The van der Waals surface area contributed by atoms with E-state index in [-0.39, 0.29) is 75.0 Å². The number of carbonyl (C=O) groups is 3. The van der Waals surface area contributed by atoms with Crippen molar-refractivity contribution in [2.75, 3.05) is 18.1 Å². The van der Waals surface area contributed by atoms with Crippen LogP contribution in [0.5, 0.6) is 0 Å². The number of carbonyl (C=O) groups excluding carboxylic acids is 3. The first-order valence-corrected chi connectivity index (χ1v) is 56.1. The number of ether oxygens (including phenoxy) is 7. The molecule has 610 valence electrons. The number of aldehydes is 1. The molecule has 0 aromatic heterocycles. The van der Waals surface area contributed by atoms with Gasteiger partial charge in [-0.2, -0.15) is 21.6 Å². The number of rotatable bonds is 34. The van der Waals surface area contributed by atoms with Gasteiger partial charge in [-0.05, 0) is 154 Å². The van der Waals surface area contributed by atoms with Crippen LogP contribution in [-0.2, 0) is 79.2 Å². The molecule has 1 aromatic carbocycles. The molecule has 106 heavy (non-hydrogen) atoms. The molecule has 6 rings (SSSR count). The molecule has 0 bridgehead atoms. The van der Waals surface area contributed by atoms with E-state index < -0.39 is 160 Å². The highest BCUT2D eigenvalue weighted by Crippen LogP contribution is 2.51. The van der Waals surface area contributed by atoms with Crippen LogP contribution in [0.1, 0.15) is 198 Å². The minimum absolute atomic E-state index is 0.0196. The third kappa shape index (κ3) is 23.6. The van der Waals surface area contributed by atoms with E-state index in [4.69, 9.17) is 55.3 Å². The molecule has 0 amide bonds. The number of Topliss-reactive ketones (excluding diaryl/α,β-unsaturated/α-hetero) is 1. The Morgan fingerprint density at radius 2 is 1.23 bits per heavy atom. The molecule has 5 aliphatic rings. The largest absolute Gasteiger partial charge is 0.534 e. The maximum atomic E-state index is 15.0. The van der Waals surface area contributed by atoms with Crippen molar-refractivity contribution >= 4 is 92.3 Å². The lowest BCUT2D eigenvalue weighted by Crippen LogP contribution is -2.69. The molecule has 18 atom stereocenters. The molecule has 1 unspecified atom stereocenters. The van der Waals surface area contributed by atoms with Gasteiger partial charge in [-0.15, -0.1) is 0 Å². The lowest BCUT2D eigenvalue weighted by atomic mass is 9.85. The van der Waals surface area contributed by atoms with Crippen LogP contribution in [0.25, 0.3) is 0 Å². The van der Waals surface area contributed by atoms with Crippen LogP contribution in [0.3, 0.4) is 0 Å². The SMILES string of the molecule is C=C(OS(=O)(=O)C(F)(F)F)[C@H](C)C[C@H]1CC[C@@H]2O[C@@H](CCC(C=C[C@H](O[Si](C)(C)C(C)(C)C)[C@@H]3O[C@H]4CC[C@H](CC(=O)C[C@@H]5[C@@H](OC)[C@@H](C[C@@H](CO[Si](C)(C)C(C)(C)C)O[Si](C)(C)C(C)(C)C)O[C@H]5CC=O)O[C@@H]4[C@H](O[Si](C)(C)C(C)(C)C)[C@@H]3O[Si](C)(C)C(C)(C)C)OC(=O)c3ccccc3)C[C@]2(CI)O1. The lowest BCUT2D eigenvalue weighted by Gasteiger charge is -2.56. The van der Waals surface area contributed by atoms with E-state index in [1.54, 1.807) is 38.3 Å². The lowest BCUT2D eigenvalue weighted by molar-refractivity contribution is -0.266. The minimum Gasteiger partial charge on any atom is -0.455 e. The van der Waals surface area contributed by atoms with Crippen molar-refractivity contribution in [1.82, 2.24) is 0 Å². The van der Waals surface area contributed by atoms with Gasteiger partial charge in [0.1, 0.15) is 53.9 Å². The summed E-state index contributed by atoms with van der Waals surface area (Å²) in [6.45, 7) is 61.1. The Hall–Kier alpha value is -1.58. The Morgan fingerprint density at radius 3 is 1.76 bits per heavy atom. The summed E-state index contributed by atoms with van der Waals surface area (Å²) in [6, 6.07) is 8.85. The van der Waals surface area contributed by atoms with Crippen molar-refractivity contribution in [2.45, 2.75) is 381 Å². The number of ketones is 1. The minimum atomic E-state index is -5.89. The zero-order chi connectivity index (χ0) is 80.4. The number of esters is 1. The first kappa shape index (κ1) is 93.3. The monoisotopic (exact) mass is 1720 g/mol. The summed E-state index contributed by atoms with van der Waals surface area (Å²) in [7, 11) is -17.0. The number of alkyl halides is 4. The molecule has 5 fully saturated rings. The first-order chi connectivity index (χ1) is 48.2. The average Bonchev–Trinajstić information content (AvgIpc) is 0.925. The molecule has 0 radical (unpaired) electrons. The summed E-state index contributed by atoms with van der Waals surface area (Å²) in [4.78, 5) is 41.9. The van der Waals surface area contributed by atoms with Gasteiger partial charge in [-0.1, -0.05) is 164 Å². The van der Waals surface area contributed by atoms with Crippen molar-refractivity contribution in [1.29, 1.82) is 0 Å². The van der Waals surface area contributed by atoms with Gasteiger partial charge in [0, 0.05) is 55.5 Å². The molecule has 0 N–H and O–H groups in total. The number of fused-ring (bicyclic) bond motifs is 2. The smallest absolute Gasteiger partial charge is 0.455 e. The topological polar surface area (TPSA) is 205 Å². The Labute approximate surface area is 654 Å². The van der Waals surface area contributed by atoms with Crippen molar-refractivity contribution in [3.05, 3.63) is 60.4 Å². The molecule has 5 heterocycles. The zero-order valence-electron chi connectivity index (χ0n) is 69.3. The van der Waals surface area contributed by atoms with E-state index in [2.05, 4.69) is 203 Å². The maximum absolute atomic E-state index is 15.0. The summed E-state index contributed by atoms with van der Waals surface area (Å²) in [5, 5.41) is -0.910. The van der Waals surface area contributed by atoms with Crippen molar-refractivity contribution in [2.24, 2.45) is 11.8 Å². The van der Waals surface area contributed by atoms with Crippen LogP contribution < -0.4 is 0 Å².